The maximum atomic E-state index is 12.8. The summed E-state index contributed by atoms with van der Waals surface area (Å²) in [4.78, 5) is 23.2. The summed E-state index contributed by atoms with van der Waals surface area (Å²) < 4.78 is 3.71. The molecule has 3 aromatic carbocycles. The van der Waals surface area contributed by atoms with Gasteiger partial charge < -0.3 is 17.0 Å². The van der Waals surface area contributed by atoms with Gasteiger partial charge in [0.05, 0.1) is 11.5 Å². The summed E-state index contributed by atoms with van der Waals surface area (Å²) in [5, 5.41) is 11.5. The molecular weight excluding hydrogens is 484 g/mol. The van der Waals surface area contributed by atoms with E-state index in [2.05, 4.69) is 0 Å². The highest BCUT2D eigenvalue weighted by Crippen LogP contribution is 2.19. The molecule has 0 aliphatic carbocycles. The van der Waals surface area contributed by atoms with Gasteiger partial charge in [-0.2, -0.15) is 0 Å². The van der Waals surface area contributed by atoms with Gasteiger partial charge in [0.25, 0.3) is 5.69 Å². The molecule has 0 saturated heterocycles. The topological polar surface area (TPSA) is 95.0 Å². The highest BCUT2D eigenvalue weighted by molar-refractivity contribution is 6.30. The molecule has 4 aromatic rings. The average molecular weight is 502 g/mol. The summed E-state index contributed by atoms with van der Waals surface area (Å²) in [6, 6.07) is 20.8. The number of carbonyl (C=O) groups is 1. The van der Waals surface area contributed by atoms with Crippen molar-refractivity contribution < 1.29 is 31.3 Å². The number of nitro benzene ring substituents is 1. The van der Waals surface area contributed by atoms with Gasteiger partial charge in [0.15, 0.2) is 5.78 Å². The van der Waals surface area contributed by atoms with Crippen LogP contribution in [0.3, 0.4) is 0 Å². The van der Waals surface area contributed by atoms with E-state index in [9.17, 15) is 14.9 Å². The normalized spacial score (nSPS) is 10.6. The van der Waals surface area contributed by atoms with Crippen LogP contribution in [-0.4, -0.2) is 15.3 Å². The molecule has 0 aliphatic rings. The molecule has 1 aromatic heterocycles. The van der Waals surface area contributed by atoms with Crippen LogP contribution < -0.4 is 27.3 Å². The predicted octanol–water partition coefficient (Wildman–Crippen LogP) is 1.01. The molecule has 0 fully saturated rings. The second-order valence-electron chi connectivity index (χ2n) is 6.87. The third-order valence-electron chi connectivity index (χ3n) is 4.97. The first-order valence-electron chi connectivity index (χ1n) is 9.22. The van der Waals surface area contributed by atoms with Gasteiger partial charge >= 0.3 is 5.95 Å². The lowest BCUT2D eigenvalue weighted by molar-refractivity contribution is -0.648. The highest BCUT2D eigenvalue weighted by atomic mass is 79.9. The fourth-order valence-corrected chi connectivity index (χ4v) is 3.55. The first-order chi connectivity index (χ1) is 14.4. The number of nitrogens with zero attached hydrogens (tertiary/aromatic N) is 3. The molecule has 0 amide bonds. The molecule has 0 saturated carbocycles. The van der Waals surface area contributed by atoms with Gasteiger partial charge in [-0.1, -0.05) is 35.9 Å². The molecule has 0 spiro atoms. The molecule has 0 bridgehead atoms. The SMILES string of the molecule is Nc1n(CC(=O)c2ccc([N+](=O)[O-])cc2)c2ccccc2[n+]1Cc1ccc(Cl)cc1.[Br-]. The third-order valence-corrected chi connectivity index (χ3v) is 5.22. The van der Waals surface area contributed by atoms with E-state index in [-0.39, 0.29) is 35.0 Å². The molecule has 0 unspecified atom stereocenters. The van der Waals surface area contributed by atoms with E-state index in [4.69, 9.17) is 17.3 Å². The van der Waals surface area contributed by atoms with Crippen molar-refractivity contribution in [2.45, 2.75) is 13.1 Å². The number of nitro groups is 1. The number of para-hydroxylation sites is 2. The number of imidazole rings is 1. The minimum absolute atomic E-state index is 0. The molecule has 0 radical (unpaired) electrons. The van der Waals surface area contributed by atoms with Crippen LogP contribution in [0.1, 0.15) is 15.9 Å². The number of fused-ring (bicyclic) bond motifs is 1. The second-order valence-corrected chi connectivity index (χ2v) is 7.31. The number of benzene rings is 3. The van der Waals surface area contributed by atoms with Gasteiger partial charge in [-0.05, 0) is 42.0 Å². The molecule has 31 heavy (non-hydrogen) atoms. The molecular formula is C22H18BrClN4O3. The van der Waals surface area contributed by atoms with Crippen molar-refractivity contribution in [2.75, 3.05) is 5.73 Å². The fourth-order valence-electron chi connectivity index (χ4n) is 3.42. The van der Waals surface area contributed by atoms with Crippen LogP contribution in [0, 0.1) is 10.1 Å². The second kappa shape index (κ2) is 9.28. The first-order valence-corrected chi connectivity index (χ1v) is 9.60. The summed E-state index contributed by atoms with van der Waals surface area (Å²) in [6.45, 7) is 0.556. The van der Waals surface area contributed by atoms with Crippen molar-refractivity contribution in [3.05, 3.63) is 99.1 Å². The quantitative estimate of drug-likeness (QED) is 0.185. The van der Waals surface area contributed by atoms with Crippen LogP contribution in [0.2, 0.25) is 5.02 Å². The Morgan fingerprint density at radius 2 is 1.68 bits per heavy atom. The van der Waals surface area contributed by atoms with Gasteiger partial charge in [-0.25, -0.2) is 9.13 Å². The number of aromatic nitrogens is 2. The van der Waals surface area contributed by atoms with Crippen LogP contribution in [0.15, 0.2) is 72.8 Å². The molecule has 0 aliphatic heterocycles. The maximum absolute atomic E-state index is 12.8. The molecule has 158 valence electrons. The monoisotopic (exact) mass is 500 g/mol. The number of rotatable bonds is 6. The fraction of sp³-hybridized carbons (Fsp3) is 0.0909. The Labute approximate surface area is 193 Å². The number of hydrogen-bond acceptors (Lipinski definition) is 4. The predicted molar refractivity (Wildman–Crippen MR) is 115 cm³/mol. The molecule has 4 rings (SSSR count). The van der Waals surface area contributed by atoms with Crippen molar-refractivity contribution in [3.8, 4) is 0 Å². The number of Topliss-reactive ketones (excluding diaryl/α,β-unsaturated/α-hetero) is 1. The Balaban J connectivity index is 0.00000272. The largest absolute Gasteiger partial charge is 1.00 e. The lowest BCUT2D eigenvalue weighted by Crippen LogP contribution is -3.00. The van der Waals surface area contributed by atoms with Gasteiger partial charge in [0.2, 0.25) is 0 Å². The van der Waals surface area contributed by atoms with Crippen molar-refractivity contribution in [1.29, 1.82) is 0 Å². The zero-order valence-corrected chi connectivity index (χ0v) is 18.6. The summed E-state index contributed by atoms with van der Waals surface area (Å²) in [7, 11) is 0. The van der Waals surface area contributed by atoms with Crippen molar-refractivity contribution in [3.63, 3.8) is 0 Å². The van der Waals surface area contributed by atoms with Gasteiger partial charge in [0, 0.05) is 22.7 Å². The van der Waals surface area contributed by atoms with Crippen molar-refractivity contribution in [1.82, 2.24) is 4.57 Å². The minimum Gasteiger partial charge on any atom is -1.00 e. The number of anilines is 1. The number of hydrogen-bond donors (Lipinski definition) is 1. The lowest BCUT2D eigenvalue weighted by Gasteiger charge is -2.04. The van der Waals surface area contributed by atoms with Crippen molar-refractivity contribution >= 4 is 40.1 Å². The Morgan fingerprint density at radius 3 is 2.32 bits per heavy atom. The van der Waals surface area contributed by atoms with E-state index in [1.807, 2.05) is 53.1 Å². The third kappa shape index (κ3) is 4.60. The van der Waals surface area contributed by atoms with E-state index in [1.165, 1.54) is 24.3 Å². The van der Waals surface area contributed by atoms with Crippen LogP contribution in [-0.2, 0) is 13.1 Å². The summed E-state index contributed by atoms with van der Waals surface area (Å²) >= 11 is 5.98. The van der Waals surface area contributed by atoms with E-state index in [0.29, 0.717) is 23.1 Å². The minimum atomic E-state index is -0.495. The summed E-state index contributed by atoms with van der Waals surface area (Å²) in [5.74, 6) is 0.261. The van der Waals surface area contributed by atoms with E-state index in [0.717, 1.165) is 16.6 Å². The zero-order valence-electron chi connectivity index (χ0n) is 16.2. The van der Waals surface area contributed by atoms with Crippen LogP contribution in [0.4, 0.5) is 11.6 Å². The van der Waals surface area contributed by atoms with E-state index >= 15 is 0 Å². The summed E-state index contributed by atoms with van der Waals surface area (Å²) in [6.07, 6.45) is 0. The standard InChI is InChI=1S/C22H17ClN4O3.BrH/c23-17-9-5-15(6-10-17)13-25-19-3-1-2-4-20(19)26(22(25)24)14-21(28)16-7-11-18(12-8-16)27(29)30;/h1-12,24H,13-14H2;1H. The smallest absolute Gasteiger partial charge is 0.356 e. The van der Waals surface area contributed by atoms with Crippen LogP contribution in [0.25, 0.3) is 11.0 Å². The Kier molecular flexibility index (Phi) is 6.72. The first kappa shape index (κ1) is 22.5. The number of nitrogens with two attached hydrogens (primary N) is 1. The van der Waals surface area contributed by atoms with Crippen molar-refractivity contribution in [2.24, 2.45) is 0 Å². The number of ketones is 1. The summed E-state index contributed by atoms with van der Waals surface area (Å²) in [5.41, 5.74) is 9.54. The van der Waals surface area contributed by atoms with E-state index < -0.39 is 4.92 Å². The molecule has 7 nitrogen and oxygen atoms in total. The molecule has 9 heteroatoms. The van der Waals surface area contributed by atoms with E-state index in [1.54, 1.807) is 4.57 Å². The highest BCUT2D eigenvalue weighted by Gasteiger charge is 2.23. The maximum Gasteiger partial charge on any atom is 0.356 e. The molecule has 1 heterocycles. The number of halogens is 2. The number of non-ortho nitro benzene ring substituents is 1. The number of nitrogen functional groups attached to an aromatic ring is 1. The van der Waals surface area contributed by atoms with Crippen LogP contribution in [0.5, 0.6) is 0 Å². The Morgan fingerprint density at radius 1 is 1.03 bits per heavy atom. The van der Waals surface area contributed by atoms with Gasteiger partial charge in [-0.15, -0.1) is 0 Å². The van der Waals surface area contributed by atoms with Gasteiger partial charge in [0.1, 0.15) is 17.6 Å². The number of carbonyl (C=O) groups excluding carboxylic acids is 1. The van der Waals surface area contributed by atoms with Crippen LogP contribution >= 0.6 is 11.6 Å². The molecule has 0 atom stereocenters. The Bertz CT molecular complexity index is 1250. The lowest BCUT2D eigenvalue weighted by atomic mass is 10.1. The molecule has 2 N–H and O–H groups in total. The van der Waals surface area contributed by atoms with Gasteiger partial charge in [-0.3, -0.25) is 20.6 Å². The Hall–Kier alpha value is -3.23. The average Bonchev–Trinajstić information content (AvgIpc) is 3.01. The zero-order chi connectivity index (χ0) is 21.3.